The number of halogens is 1. The topological polar surface area (TPSA) is 117 Å². The Bertz CT molecular complexity index is 1720. The molecule has 2 aromatic carbocycles. The fourth-order valence-electron chi connectivity index (χ4n) is 6.78. The highest BCUT2D eigenvalue weighted by Gasteiger charge is 2.38. The lowest BCUT2D eigenvalue weighted by Crippen LogP contribution is -2.41. The molecule has 48 heavy (non-hydrogen) atoms. The van der Waals surface area contributed by atoms with Gasteiger partial charge < -0.3 is 15.5 Å². The summed E-state index contributed by atoms with van der Waals surface area (Å²) in [5.74, 6) is 1.34. The molecular weight excluding hydrogens is 668 g/mol. The van der Waals surface area contributed by atoms with Crippen molar-refractivity contribution in [2.24, 2.45) is 11.8 Å². The van der Waals surface area contributed by atoms with Gasteiger partial charge in [0.15, 0.2) is 0 Å². The number of urea groups is 1. The van der Waals surface area contributed by atoms with Gasteiger partial charge in [0.2, 0.25) is 5.95 Å². The van der Waals surface area contributed by atoms with E-state index in [9.17, 15) is 9.59 Å². The van der Waals surface area contributed by atoms with Crippen molar-refractivity contribution in [3.8, 4) is 5.69 Å². The molecule has 2 aliphatic rings. The summed E-state index contributed by atoms with van der Waals surface area (Å²) in [7, 11) is 0. The maximum atomic E-state index is 14.5. The molecule has 3 N–H and O–H groups in total. The normalized spacial score (nSPS) is 16.8. The Hall–Kier alpha value is -4.09. The summed E-state index contributed by atoms with van der Waals surface area (Å²) >= 11 is 3.41. The molecular formula is C37H45BrN8O2. The maximum Gasteiger partial charge on any atom is 0.324 e. The average Bonchev–Trinajstić information content (AvgIpc) is 3.51. The first-order valence-electron chi connectivity index (χ1n) is 16.9. The minimum Gasteiger partial charge on any atom is -0.341 e. The fraction of sp³-hybridized carbons (Fsp3) is 0.432. The third-order valence-electron chi connectivity index (χ3n) is 9.49. The standard InChI is InChI=1S/C37H45BrN8O2/c1-24-9-11-28(12-10-24)46-32(21-31(44-46)37(2,3)4)43-36(48)42-30-8-6-5-7-29(30)33(25-13-17-39-18-14-25)34(47)26-15-19-45(20-16-26)35-40-22-27(38)23-41-35/h5-12,21-23,25-26,33,39H,13-20H2,1-4H3,(H2,42,43,48). The summed E-state index contributed by atoms with van der Waals surface area (Å²) in [6.45, 7) is 11.6. The monoisotopic (exact) mass is 712 g/mol. The van der Waals surface area contributed by atoms with Crippen LogP contribution >= 0.6 is 15.9 Å². The van der Waals surface area contributed by atoms with E-state index in [2.05, 4.69) is 67.5 Å². The van der Waals surface area contributed by atoms with E-state index in [1.54, 1.807) is 17.1 Å². The molecule has 0 spiro atoms. The van der Waals surface area contributed by atoms with Crippen LogP contribution in [0.3, 0.4) is 0 Å². The number of nitrogens with zero attached hydrogens (tertiary/aromatic N) is 5. The maximum absolute atomic E-state index is 14.5. The lowest BCUT2D eigenvalue weighted by Gasteiger charge is -2.36. The summed E-state index contributed by atoms with van der Waals surface area (Å²) < 4.78 is 2.62. The first-order chi connectivity index (χ1) is 23.1. The van der Waals surface area contributed by atoms with Crippen LogP contribution in [0.4, 0.5) is 22.2 Å². The number of carbonyl (C=O) groups is 2. The van der Waals surface area contributed by atoms with Crippen LogP contribution in [-0.2, 0) is 10.2 Å². The van der Waals surface area contributed by atoms with Crippen molar-refractivity contribution >= 4 is 45.2 Å². The highest BCUT2D eigenvalue weighted by atomic mass is 79.9. The van der Waals surface area contributed by atoms with E-state index in [4.69, 9.17) is 5.10 Å². The van der Waals surface area contributed by atoms with E-state index in [0.29, 0.717) is 17.5 Å². The van der Waals surface area contributed by atoms with Crippen molar-refractivity contribution < 1.29 is 9.59 Å². The van der Waals surface area contributed by atoms with Crippen LogP contribution in [-0.4, -0.2) is 57.7 Å². The molecule has 0 radical (unpaired) electrons. The van der Waals surface area contributed by atoms with E-state index in [0.717, 1.165) is 78.8 Å². The molecule has 10 nitrogen and oxygen atoms in total. The number of hydrogen-bond donors (Lipinski definition) is 3. The Morgan fingerprint density at radius 2 is 1.60 bits per heavy atom. The molecule has 1 unspecified atom stereocenters. The van der Waals surface area contributed by atoms with Gasteiger partial charge in [0.1, 0.15) is 11.6 Å². The summed E-state index contributed by atoms with van der Waals surface area (Å²) in [5, 5.41) is 14.5. The van der Waals surface area contributed by atoms with E-state index >= 15 is 0 Å². The Morgan fingerprint density at radius 3 is 2.27 bits per heavy atom. The number of benzene rings is 2. The number of piperidine rings is 2. The Kier molecular flexibility index (Phi) is 10.3. The van der Waals surface area contributed by atoms with E-state index < -0.39 is 0 Å². The number of rotatable bonds is 8. The highest BCUT2D eigenvalue weighted by Crippen LogP contribution is 2.40. The first-order valence-corrected chi connectivity index (χ1v) is 17.7. The number of carbonyl (C=O) groups excluding carboxylic acids is 2. The molecule has 4 heterocycles. The van der Waals surface area contributed by atoms with Crippen LogP contribution < -0.4 is 20.9 Å². The molecule has 0 aliphatic carbocycles. The smallest absolute Gasteiger partial charge is 0.324 e. The van der Waals surface area contributed by atoms with Crippen LogP contribution in [0, 0.1) is 18.8 Å². The minimum absolute atomic E-state index is 0.0712. The molecule has 2 aromatic heterocycles. The highest BCUT2D eigenvalue weighted by molar-refractivity contribution is 9.10. The molecule has 1 atom stereocenters. The number of Topliss-reactive ketones (excluding diaryl/α,β-unsaturated/α-hetero) is 1. The Morgan fingerprint density at radius 1 is 0.938 bits per heavy atom. The van der Waals surface area contributed by atoms with Gasteiger partial charge in [0.25, 0.3) is 0 Å². The molecule has 0 saturated carbocycles. The van der Waals surface area contributed by atoms with Gasteiger partial charge in [-0.3, -0.25) is 10.1 Å². The van der Waals surface area contributed by atoms with Gasteiger partial charge in [-0.05, 0) is 91.3 Å². The van der Waals surface area contributed by atoms with Crippen molar-refractivity contribution in [1.29, 1.82) is 0 Å². The number of para-hydroxylation sites is 1. The van der Waals surface area contributed by atoms with E-state index in [-0.39, 0.29) is 35.0 Å². The van der Waals surface area contributed by atoms with E-state index in [1.807, 2.05) is 61.5 Å². The van der Waals surface area contributed by atoms with Crippen molar-refractivity contribution in [1.82, 2.24) is 25.1 Å². The fourth-order valence-corrected chi connectivity index (χ4v) is 6.98. The number of hydrogen-bond acceptors (Lipinski definition) is 7. The molecule has 6 rings (SSSR count). The second-order valence-electron chi connectivity index (χ2n) is 14.0. The van der Waals surface area contributed by atoms with Gasteiger partial charge in [-0.2, -0.15) is 5.10 Å². The second-order valence-corrected chi connectivity index (χ2v) is 14.9. The lowest BCUT2D eigenvalue weighted by molar-refractivity contribution is -0.126. The number of ketones is 1. The van der Waals surface area contributed by atoms with Crippen molar-refractivity contribution in [3.05, 3.63) is 88.3 Å². The summed E-state index contributed by atoms with van der Waals surface area (Å²) in [6.07, 6.45) is 6.82. The first kappa shape index (κ1) is 33.8. The predicted octanol–water partition coefficient (Wildman–Crippen LogP) is 7.24. The number of aryl methyl sites for hydroxylation is 1. The molecule has 11 heteroatoms. The minimum atomic E-state index is -0.379. The summed E-state index contributed by atoms with van der Waals surface area (Å²) in [4.78, 5) is 39.3. The average molecular weight is 714 g/mol. The van der Waals surface area contributed by atoms with Gasteiger partial charge in [0.05, 0.1) is 15.9 Å². The molecule has 4 aromatic rings. The van der Waals surface area contributed by atoms with Gasteiger partial charge in [0, 0.05) is 54.5 Å². The molecule has 2 amide bonds. The molecule has 2 aliphatic heterocycles. The number of aromatic nitrogens is 4. The SMILES string of the molecule is Cc1ccc(-n2nc(C(C)(C)C)cc2NC(=O)Nc2ccccc2C(C(=O)C2CCN(c3ncc(Br)cn3)CC2)C2CCNCC2)cc1. The number of amides is 2. The zero-order valence-electron chi connectivity index (χ0n) is 28.2. The molecule has 2 fully saturated rings. The Labute approximate surface area is 291 Å². The zero-order valence-corrected chi connectivity index (χ0v) is 29.8. The van der Waals surface area contributed by atoms with E-state index in [1.165, 1.54) is 0 Å². The van der Waals surface area contributed by atoms with Crippen LogP contribution in [0.15, 0.2) is 71.5 Å². The van der Waals surface area contributed by atoms with Crippen molar-refractivity contribution in [3.63, 3.8) is 0 Å². The number of anilines is 3. The van der Waals surface area contributed by atoms with Gasteiger partial charge in [-0.15, -0.1) is 0 Å². The quantitative estimate of drug-likeness (QED) is 0.176. The summed E-state index contributed by atoms with van der Waals surface area (Å²) in [6, 6.07) is 17.4. The van der Waals surface area contributed by atoms with Crippen molar-refractivity contribution in [2.75, 3.05) is 41.7 Å². The number of nitrogens with one attached hydrogen (secondary N) is 3. The molecule has 0 bridgehead atoms. The largest absolute Gasteiger partial charge is 0.341 e. The third-order valence-corrected chi connectivity index (χ3v) is 9.90. The summed E-state index contributed by atoms with van der Waals surface area (Å²) in [5.41, 5.74) is 4.21. The molecule has 252 valence electrons. The van der Waals surface area contributed by atoms with Crippen LogP contribution in [0.1, 0.15) is 69.2 Å². The van der Waals surface area contributed by atoms with Crippen LogP contribution in [0.25, 0.3) is 5.69 Å². The van der Waals surface area contributed by atoms with Crippen molar-refractivity contribution in [2.45, 2.75) is 64.7 Å². The van der Waals surface area contributed by atoms with Crippen LogP contribution in [0.5, 0.6) is 0 Å². The molecule has 2 saturated heterocycles. The zero-order chi connectivity index (χ0) is 33.8. The second kappa shape index (κ2) is 14.6. The van der Waals surface area contributed by atoms with Gasteiger partial charge in [-0.1, -0.05) is 56.7 Å². The third kappa shape index (κ3) is 7.79. The predicted molar refractivity (Wildman–Crippen MR) is 194 cm³/mol. The van der Waals surface area contributed by atoms with Gasteiger partial charge >= 0.3 is 6.03 Å². The van der Waals surface area contributed by atoms with Crippen LogP contribution in [0.2, 0.25) is 0 Å². The Balaban J connectivity index is 1.23. The van der Waals surface area contributed by atoms with Gasteiger partial charge in [-0.25, -0.2) is 19.4 Å². The lowest BCUT2D eigenvalue weighted by atomic mass is 9.72.